The van der Waals surface area contributed by atoms with Crippen molar-refractivity contribution < 1.29 is 8.78 Å². The molecule has 0 saturated carbocycles. The second-order valence-corrected chi connectivity index (χ2v) is 4.28. The summed E-state index contributed by atoms with van der Waals surface area (Å²) in [5.41, 5.74) is 0.0601. The van der Waals surface area contributed by atoms with Gasteiger partial charge in [-0.25, -0.2) is 4.90 Å². The predicted molar refractivity (Wildman–Crippen MR) is 70.8 cm³/mol. The molecule has 2 rings (SSSR count). The highest BCUT2D eigenvalue weighted by molar-refractivity contribution is 5.83. The number of nitrogens with zero attached hydrogens (tertiary/aromatic N) is 1. The molecule has 2 aromatic carbocycles. The van der Waals surface area contributed by atoms with E-state index in [1.807, 2.05) is 24.3 Å². The molecule has 0 unspecified atom stereocenters. The maximum atomic E-state index is 14.3. The molecule has 0 atom stereocenters. The summed E-state index contributed by atoms with van der Waals surface area (Å²) in [4.78, 5) is 1.16. The minimum absolute atomic E-state index is 0.0601. The van der Waals surface area contributed by atoms with E-state index >= 15 is 0 Å². The van der Waals surface area contributed by atoms with Gasteiger partial charge in [0, 0.05) is 18.7 Å². The lowest BCUT2D eigenvalue weighted by atomic mass is 10.1. The van der Waals surface area contributed by atoms with Crippen LogP contribution in [0.5, 0.6) is 0 Å². The summed E-state index contributed by atoms with van der Waals surface area (Å²) in [6.07, 6.45) is 0. The Morgan fingerprint density at radius 3 is 2.17 bits per heavy atom. The van der Waals surface area contributed by atoms with Gasteiger partial charge in [-0.2, -0.15) is 8.78 Å². The first-order valence-electron chi connectivity index (χ1n) is 6.21. The van der Waals surface area contributed by atoms with E-state index < -0.39 is 6.05 Å². The molecule has 0 aliphatic heterocycles. The van der Waals surface area contributed by atoms with Crippen LogP contribution < -0.4 is 0 Å². The van der Waals surface area contributed by atoms with Gasteiger partial charge in [0.25, 0.3) is 0 Å². The zero-order chi connectivity index (χ0) is 13.2. The lowest BCUT2D eigenvalue weighted by molar-refractivity contribution is -0.150. The Kier molecular flexibility index (Phi) is 3.62. The van der Waals surface area contributed by atoms with Gasteiger partial charge in [-0.05, 0) is 16.8 Å². The van der Waals surface area contributed by atoms with Crippen molar-refractivity contribution in [1.82, 2.24) is 4.90 Å². The summed E-state index contributed by atoms with van der Waals surface area (Å²) in [5, 5.41) is 1.83. The van der Waals surface area contributed by atoms with Gasteiger partial charge in [0.05, 0.1) is 0 Å². The zero-order valence-electron chi connectivity index (χ0n) is 10.7. The van der Waals surface area contributed by atoms with Gasteiger partial charge < -0.3 is 0 Å². The van der Waals surface area contributed by atoms with Crippen LogP contribution in [-0.2, 0) is 6.05 Å². The van der Waals surface area contributed by atoms with Gasteiger partial charge in [-0.1, -0.05) is 50.2 Å². The Labute approximate surface area is 106 Å². The number of benzene rings is 2. The molecule has 0 radical (unpaired) electrons. The quantitative estimate of drug-likeness (QED) is 0.733. The van der Waals surface area contributed by atoms with Crippen LogP contribution in [0, 0.1) is 0 Å². The summed E-state index contributed by atoms with van der Waals surface area (Å²) in [5.74, 6) is 0. The Bertz CT molecular complexity index is 533. The third-order valence-corrected chi connectivity index (χ3v) is 3.26. The molecule has 0 heterocycles. The van der Waals surface area contributed by atoms with Crippen LogP contribution >= 0.6 is 0 Å². The van der Waals surface area contributed by atoms with Gasteiger partial charge in [-0.3, -0.25) is 0 Å². The van der Waals surface area contributed by atoms with Crippen LogP contribution in [0.2, 0.25) is 0 Å². The number of halogens is 2. The molecule has 0 amide bonds. The maximum Gasteiger partial charge on any atom is 0.331 e. The third kappa shape index (κ3) is 2.23. The molecule has 96 valence electrons. The summed E-state index contributed by atoms with van der Waals surface area (Å²) in [7, 11) is 0. The molecule has 0 N–H and O–H groups in total. The summed E-state index contributed by atoms with van der Waals surface area (Å²) in [6, 6.07) is 9.49. The van der Waals surface area contributed by atoms with Crippen molar-refractivity contribution in [3.8, 4) is 0 Å². The molecule has 0 spiro atoms. The predicted octanol–water partition coefficient (Wildman–Crippen LogP) is 4.23. The van der Waals surface area contributed by atoms with E-state index in [4.69, 9.17) is 0 Å². The minimum atomic E-state index is -2.91. The van der Waals surface area contributed by atoms with Gasteiger partial charge in [-0.15, -0.1) is 0 Å². The summed E-state index contributed by atoms with van der Waals surface area (Å²) in [6.45, 7) is 4.16. The van der Waals surface area contributed by atoms with Crippen LogP contribution in [0.4, 0.5) is 8.78 Å². The van der Waals surface area contributed by atoms with Crippen molar-refractivity contribution in [2.75, 3.05) is 13.1 Å². The fourth-order valence-corrected chi connectivity index (χ4v) is 2.18. The van der Waals surface area contributed by atoms with Crippen LogP contribution in [0.15, 0.2) is 42.5 Å². The largest absolute Gasteiger partial charge is 0.331 e. The maximum absolute atomic E-state index is 14.3. The van der Waals surface area contributed by atoms with E-state index in [0.29, 0.717) is 13.1 Å². The lowest BCUT2D eigenvalue weighted by Crippen LogP contribution is -2.38. The summed E-state index contributed by atoms with van der Waals surface area (Å²) >= 11 is 0. The first-order chi connectivity index (χ1) is 8.59. The molecule has 0 bridgehead atoms. The van der Waals surface area contributed by atoms with Crippen LogP contribution in [-0.4, -0.2) is 18.0 Å². The van der Waals surface area contributed by atoms with Crippen molar-refractivity contribution in [3.63, 3.8) is 0 Å². The molecule has 0 saturated heterocycles. The van der Waals surface area contributed by atoms with Crippen molar-refractivity contribution in [3.05, 3.63) is 48.0 Å². The van der Waals surface area contributed by atoms with E-state index in [9.17, 15) is 8.78 Å². The molecular weight excluding hydrogens is 232 g/mol. The molecule has 0 aliphatic carbocycles. The normalized spacial score (nSPS) is 12.3. The standard InChI is InChI=1S/C15H17F2N/c1-3-18(4-2)15(16,17)14-10-9-12-7-5-6-8-13(12)11-14/h5-11H,3-4H2,1-2H3. The smallest absolute Gasteiger partial charge is 0.241 e. The van der Waals surface area contributed by atoms with Crippen LogP contribution in [0.3, 0.4) is 0 Å². The van der Waals surface area contributed by atoms with Crippen molar-refractivity contribution in [1.29, 1.82) is 0 Å². The Balaban J connectivity index is 2.46. The third-order valence-electron chi connectivity index (χ3n) is 3.26. The van der Waals surface area contributed by atoms with Crippen molar-refractivity contribution in [2.24, 2.45) is 0 Å². The molecule has 0 aromatic heterocycles. The Hall–Kier alpha value is -1.48. The first kappa shape index (κ1) is 13.0. The number of rotatable bonds is 4. The number of alkyl halides is 2. The zero-order valence-corrected chi connectivity index (χ0v) is 10.7. The van der Waals surface area contributed by atoms with Gasteiger partial charge >= 0.3 is 6.05 Å². The van der Waals surface area contributed by atoms with Gasteiger partial charge in [0.1, 0.15) is 0 Å². The second kappa shape index (κ2) is 5.02. The highest BCUT2D eigenvalue weighted by Gasteiger charge is 2.37. The fraction of sp³-hybridized carbons (Fsp3) is 0.333. The van der Waals surface area contributed by atoms with Crippen molar-refractivity contribution in [2.45, 2.75) is 19.9 Å². The monoisotopic (exact) mass is 249 g/mol. The minimum Gasteiger partial charge on any atom is -0.241 e. The van der Waals surface area contributed by atoms with E-state index in [0.717, 1.165) is 15.7 Å². The highest BCUT2D eigenvalue weighted by atomic mass is 19.3. The number of hydrogen-bond acceptors (Lipinski definition) is 1. The number of hydrogen-bond donors (Lipinski definition) is 0. The van der Waals surface area contributed by atoms with Crippen LogP contribution in [0.25, 0.3) is 10.8 Å². The molecule has 1 nitrogen and oxygen atoms in total. The van der Waals surface area contributed by atoms with Crippen molar-refractivity contribution >= 4 is 10.8 Å². The summed E-state index contributed by atoms with van der Waals surface area (Å²) < 4.78 is 28.5. The first-order valence-corrected chi connectivity index (χ1v) is 6.21. The molecule has 18 heavy (non-hydrogen) atoms. The van der Waals surface area contributed by atoms with E-state index in [1.54, 1.807) is 26.0 Å². The average molecular weight is 249 g/mol. The van der Waals surface area contributed by atoms with Crippen LogP contribution in [0.1, 0.15) is 19.4 Å². The van der Waals surface area contributed by atoms with Gasteiger partial charge in [0.2, 0.25) is 0 Å². The second-order valence-electron chi connectivity index (χ2n) is 4.28. The van der Waals surface area contributed by atoms with E-state index in [-0.39, 0.29) is 5.56 Å². The Morgan fingerprint density at radius 1 is 0.944 bits per heavy atom. The topological polar surface area (TPSA) is 3.24 Å². The molecule has 0 aliphatic rings. The fourth-order valence-electron chi connectivity index (χ4n) is 2.18. The lowest BCUT2D eigenvalue weighted by Gasteiger charge is -2.29. The molecular formula is C15H17F2N. The van der Waals surface area contributed by atoms with E-state index in [1.165, 1.54) is 6.07 Å². The van der Waals surface area contributed by atoms with Gasteiger partial charge in [0.15, 0.2) is 0 Å². The molecule has 3 heteroatoms. The number of fused-ring (bicyclic) bond motifs is 1. The molecule has 2 aromatic rings. The molecule has 0 fully saturated rings. The Morgan fingerprint density at radius 2 is 1.56 bits per heavy atom. The highest BCUT2D eigenvalue weighted by Crippen LogP contribution is 2.33. The van der Waals surface area contributed by atoms with E-state index in [2.05, 4.69) is 0 Å². The SMILES string of the molecule is CCN(CC)C(F)(F)c1ccc2ccccc2c1. The average Bonchev–Trinajstić information content (AvgIpc) is 2.39.